The van der Waals surface area contributed by atoms with Gasteiger partial charge in [-0.3, -0.25) is 0 Å². The molecule has 0 aliphatic heterocycles. The van der Waals surface area contributed by atoms with Gasteiger partial charge >= 0.3 is 0 Å². The number of benzene rings is 1. The van der Waals surface area contributed by atoms with E-state index in [9.17, 15) is 0 Å². The monoisotopic (exact) mass is 157 g/mol. The van der Waals surface area contributed by atoms with Crippen molar-refractivity contribution in [2.75, 3.05) is 0 Å². The molecule has 0 heterocycles. The molecule has 60 valence electrons. The molecule has 1 heteroatoms. The number of allylic oxidation sites excluding steroid dienone is 1. The third kappa shape index (κ3) is 1.96. The van der Waals surface area contributed by atoms with Crippen LogP contribution >= 0.6 is 0 Å². The number of hydrogen-bond acceptors (Lipinski definition) is 1. The van der Waals surface area contributed by atoms with E-state index in [0.29, 0.717) is 0 Å². The van der Waals surface area contributed by atoms with Crippen molar-refractivity contribution in [3.8, 4) is 6.07 Å². The summed E-state index contributed by atoms with van der Waals surface area (Å²) in [5.41, 5.74) is 2.42. The smallest absolute Gasteiger partial charge is 0.0912 e. The fourth-order valence-electron chi connectivity index (χ4n) is 1.15. The van der Waals surface area contributed by atoms with Gasteiger partial charge in [-0.15, -0.1) is 0 Å². The molecule has 0 spiro atoms. The highest BCUT2D eigenvalue weighted by Gasteiger charge is 1.93. The first-order chi connectivity index (χ1) is 5.88. The van der Waals surface area contributed by atoms with E-state index in [2.05, 4.69) is 13.0 Å². The molecule has 0 aromatic heterocycles. The Morgan fingerprint density at radius 3 is 2.83 bits per heavy atom. The third-order valence-electron chi connectivity index (χ3n) is 1.77. The van der Waals surface area contributed by atoms with Crippen LogP contribution in [0.25, 0.3) is 6.08 Å². The maximum atomic E-state index is 8.35. The Kier molecular flexibility index (Phi) is 3.10. The largest absolute Gasteiger partial charge is 0.193 e. The summed E-state index contributed by atoms with van der Waals surface area (Å²) in [7, 11) is 0. The van der Waals surface area contributed by atoms with E-state index in [1.165, 1.54) is 11.6 Å². The highest BCUT2D eigenvalue weighted by atomic mass is 14.2. The lowest BCUT2D eigenvalue weighted by Gasteiger charge is -2.00. The molecule has 0 saturated carbocycles. The van der Waals surface area contributed by atoms with Gasteiger partial charge in [0.1, 0.15) is 0 Å². The van der Waals surface area contributed by atoms with Crippen LogP contribution in [-0.2, 0) is 6.42 Å². The van der Waals surface area contributed by atoms with Crippen LogP contribution in [0.15, 0.2) is 30.3 Å². The minimum Gasteiger partial charge on any atom is -0.193 e. The van der Waals surface area contributed by atoms with Crippen LogP contribution in [0.5, 0.6) is 0 Å². The molecule has 0 amide bonds. The number of rotatable bonds is 2. The van der Waals surface area contributed by atoms with Crippen molar-refractivity contribution < 1.29 is 0 Å². The molecule has 0 aliphatic carbocycles. The Balaban J connectivity index is 2.99. The third-order valence-corrected chi connectivity index (χ3v) is 1.77. The van der Waals surface area contributed by atoms with Crippen molar-refractivity contribution in [3.63, 3.8) is 0 Å². The first-order valence-electron chi connectivity index (χ1n) is 4.02. The maximum absolute atomic E-state index is 8.35. The topological polar surface area (TPSA) is 23.8 Å². The van der Waals surface area contributed by atoms with Crippen LogP contribution in [0, 0.1) is 11.3 Å². The molecule has 0 fully saturated rings. The lowest BCUT2D eigenvalue weighted by Crippen LogP contribution is -1.83. The number of nitriles is 1. The molecule has 1 nitrogen and oxygen atoms in total. The van der Waals surface area contributed by atoms with E-state index in [4.69, 9.17) is 5.26 Å². The zero-order valence-electron chi connectivity index (χ0n) is 7.12. The van der Waals surface area contributed by atoms with Crippen LogP contribution in [0.4, 0.5) is 0 Å². The molecular weight excluding hydrogens is 146 g/mol. The average Bonchev–Trinajstić information content (AvgIpc) is 2.15. The Bertz CT molecular complexity index is 318. The number of aryl methyl sites for hydroxylation is 1. The van der Waals surface area contributed by atoms with Gasteiger partial charge in [0.15, 0.2) is 0 Å². The van der Waals surface area contributed by atoms with Crippen molar-refractivity contribution >= 4 is 6.08 Å². The summed E-state index contributed by atoms with van der Waals surface area (Å²) < 4.78 is 0. The van der Waals surface area contributed by atoms with E-state index < -0.39 is 0 Å². The van der Waals surface area contributed by atoms with Crippen LogP contribution < -0.4 is 0 Å². The fourth-order valence-corrected chi connectivity index (χ4v) is 1.15. The molecule has 1 aromatic rings. The molecular formula is C11H11N. The van der Waals surface area contributed by atoms with E-state index in [1.807, 2.05) is 30.3 Å². The normalized spacial score (nSPS) is 10.0. The second-order valence-electron chi connectivity index (χ2n) is 2.51. The molecule has 1 rings (SSSR count). The van der Waals surface area contributed by atoms with Crippen molar-refractivity contribution in [3.05, 3.63) is 41.5 Å². The molecule has 0 N–H and O–H groups in total. The van der Waals surface area contributed by atoms with Crippen LogP contribution in [0.3, 0.4) is 0 Å². The standard InChI is InChI=1S/C11H11N/c1-2-10-6-3-4-7-11(10)8-5-9-12/h3-8H,2H2,1H3/b8-5+. The molecule has 0 aliphatic rings. The SMILES string of the molecule is CCc1ccccc1/C=C/C#N. The van der Waals surface area contributed by atoms with E-state index in [0.717, 1.165) is 12.0 Å². The summed E-state index contributed by atoms with van der Waals surface area (Å²) in [4.78, 5) is 0. The second kappa shape index (κ2) is 4.35. The van der Waals surface area contributed by atoms with E-state index in [1.54, 1.807) is 0 Å². The molecule has 0 atom stereocenters. The Labute approximate surface area is 73.0 Å². The molecule has 1 aromatic carbocycles. The maximum Gasteiger partial charge on any atom is 0.0912 e. The summed E-state index contributed by atoms with van der Waals surface area (Å²) >= 11 is 0. The minimum absolute atomic E-state index is 1.01. The first kappa shape index (κ1) is 8.55. The Morgan fingerprint density at radius 1 is 1.42 bits per heavy atom. The Morgan fingerprint density at radius 2 is 2.17 bits per heavy atom. The van der Waals surface area contributed by atoms with Gasteiger partial charge in [-0.05, 0) is 23.6 Å². The van der Waals surface area contributed by atoms with E-state index >= 15 is 0 Å². The minimum atomic E-state index is 1.01. The molecule has 0 radical (unpaired) electrons. The van der Waals surface area contributed by atoms with Gasteiger partial charge in [0.25, 0.3) is 0 Å². The second-order valence-corrected chi connectivity index (χ2v) is 2.51. The van der Waals surface area contributed by atoms with Crippen molar-refractivity contribution in [1.82, 2.24) is 0 Å². The summed E-state index contributed by atoms with van der Waals surface area (Å²) in [6, 6.07) is 10.1. The lowest BCUT2D eigenvalue weighted by atomic mass is 10.1. The summed E-state index contributed by atoms with van der Waals surface area (Å²) in [6.07, 6.45) is 4.36. The highest BCUT2D eigenvalue weighted by Crippen LogP contribution is 2.10. The van der Waals surface area contributed by atoms with Crippen LogP contribution in [0.1, 0.15) is 18.1 Å². The van der Waals surface area contributed by atoms with E-state index in [-0.39, 0.29) is 0 Å². The lowest BCUT2D eigenvalue weighted by molar-refractivity contribution is 1.13. The van der Waals surface area contributed by atoms with Crippen molar-refractivity contribution in [2.24, 2.45) is 0 Å². The predicted octanol–water partition coefficient (Wildman–Crippen LogP) is 2.79. The Hall–Kier alpha value is -1.55. The van der Waals surface area contributed by atoms with Gasteiger partial charge in [0.05, 0.1) is 6.07 Å². The summed E-state index contributed by atoms with van der Waals surface area (Å²) in [6.45, 7) is 2.11. The zero-order chi connectivity index (χ0) is 8.81. The quantitative estimate of drug-likeness (QED) is 0.605. The zero-order valence-corrected chi connectivity index (χ0v) is 7.12. The van der Waals surface area contributed by atoms with Gasteiger partial charge in [-0.2, -0.15) is 5.26 Å². The van der Waals surface area contributed by atoms with Gasteiger partial charge in [0, 0.05) is 6.08 Å². The van der Waals surface area contributed by atoms with Gasteiger partial charge < -0.3 is 0 Å². The summed E-state index contributed by atoms with van der Waals surface area (Å²) in [5, 5.41) is 8.35. The van der Waals surface area contributed by atoms with Crippen LogP contribution in [0.2, 0.25) is 0 Å². The van der Waals surface area contributed by atoms with Crippen molar-refractivity contribution in [2.45, 2.75) is 13.3 Å². The highest BCUT2D eigenvalue weighted by molar-refractivity contribution is 5.55. The molecule has 12 heavy (non-hydrogen) atoms. The molecule has 0 bridgehead atoms. The van der Waals surface area contributed by atoms with Gasteiger partial charge in [-0.1, -0.05) is 31.2 Å². The van der Waals surface area contributed by atoms with Gasteiger partial charge in [0.2, 0.25) is 0 Å². The number of hydrogen-bond donors (Lipinski definition) is 0. The summed E-state index contributed by atoms with van der Waals surface area (Å²) in [5.74, 6) is 0. The molecule has 0 unspecified atom stereocenters. The average molecular weight is 157 g/mol. The number of nitrogens with zero attached hydrogens (tertiary/aromatic N) is 1. The predicted molar refractivity (Wildman–Crippen MR) is 50.5 cm³/mol. The fraction of sp³-hybridized carbons (Fsp3) is 0.182. The van der Waals surface area contributed by atoms with Crippen molar-refractivity contribution in [1.29, 1.82) is 5.26 Å². The van der Waals surface area contributed by atoms with Gasteiger partial charge in [-0.25, -0.2) is 0 Å². The van der Waals surface area contributed by atoms with Crippen LogP contribution in [-0.4, -0.2) is 0 Å². The molecule has 0 saturated heterocycles. The first-order valence-corrected chi connectivity index (χ1v) is 4.02.